The molecule has 0 aliphatic heterocycles. The first kappa shape index (κ1) is 15.7. The number of benzene rings is 1. The Labute approximate surface area is 126 Å². The van der Waals surface area contributed by atoms with Gasteiger partial charge in [-0.05, 0) is 38.9 Å². The molecule has 0 amide bonds. The van der Waals surface area contributed by atoms with Crippen LogP contribution < -0.4 is 10.1 Å². The van der Waals surface area contributed by atoms with E-state index in [0.717, 1.165) is 49.4 Å². The highest BCUT2D eigenvalue weighted by atomic mass is 16.5. The Hall–Kier alpha value is -1.65. The molecule has 2 aromatic rings. The van der Waals surface area contributed by atoms with Gasteiger partial charge in [-0.25, -0.2) is 0 Å². The number of para-hydroxylation sites is 1. The summed E-state index contributed by atoms with van der Waals surface area (Å²) in [5, 5.41) is 4.48. The molecule has 1 unspecified atom stereocenters. The summed E-state index contributed by atoms with van der Waals surface area (Å²) in [6.45, 7) is 7.44. The molecule has 0 saturated carbocycles. The zero-order valence-electron chi connectivity index (χ0n) is 12.8. The lowest BCUT2D eigenvalue weighted by Gasteiger charge is -2.15. The van der Waals surface area contributed by atoms with Crippen molar-refractivity contribution in [1.29, 1.82) is 0 Å². The fourth-order valence-corrected chi connectivity index (χ4v) is 2.14. The number of fused-ring (bicyclic) bond motifs is 1. The Bertz CT molecular complexity index is 545. The number of nitrogens with zero attached hydrogens (tertiary/aromatic N) is 1. The van der Waals surface area contributed by atoms with E-state index < -0.39 is 0 Å². The van der Waals surface area contributed by atoms with E-state index in [-0.39, 0.29) is 6.10 Å². The predicted octanol–water partition coefficient (Wildman–Crippen LogP) is 3.02. The van der Waals surface area contributed by atoms with Crippen LogP contribution in [0.25, 0.3) is 10.9 Å². The van der Waals surface area contributed by atoms with Crippen molar-refractivity contribution in [3.05, 3.63) is 36.5 Å². The molecule has 1 heterocycles. The van der Waals surface area contributed by atoms with E-state index in [0.29, 0.717) is 0 Å². The molecule has 0 radical (unpaired) electrons. The van der Waals surface area contributed by atoms with Gasteiger partial charge in [0.1, 0.15) is 11.9 Å². The average Bonchev–Trinajstić information content (AvgIpc) is 2.50. The molecule has 0 saturated heterocycles. The number of ether oxygens (including phenoxy) is 2. The SMILES string of the molecule is CCOCCCNCC(C)Oc1cnc2ccccc2c1. The van der Waals surface area contributed by atoms with Crippen molar-refractivity contribution < 1.29 is 9.47 Å². The molecule has 0 fully saturated rings. The Kier molecular flexibility index (Phi) is 6.44. The van der Waals surface area contributed by atoms with Crippen molar-refractivity contribution in [2.45, 2.75) is 26.4 Å². The Balaban J connectivity index is 1.74. The minimum Gasteiger partial charge on any atom is -0.488 e. The summed E-state index contributed by atoms with van der Waals surface area (Å²) in [5.74, 6) is 0.817. The van der Waals surface area contributed by atoms with Crippen LogP contribution in [0.4, 0.5) is 0 Å². The topological polar surface area (TPSA) is 43.4 Å². The zero-order valence-corrected chi connectivity index (χ0v) is 12.8. The number of rotatable bonds is 9. The molecule has 1 atom stereocenters. The third kappa shape index (κ3) is 5.33. The Morgan fingerprint density at radius 2 is 2.14 bits per heavy atom. The van der Waals surface area contributed by atoms with Crippen molar-refractivity contribution in [2.75, 3.05) is 26.3 Å². The van der Waals surface area contributed by atoms with E-state index >= 15 is 0 Å². The molecule has 0 spiro atoms. The first-order chi connectivity index (χ1) is 10.3. The van der Waals surface area contributed by atoms with Crippen molar-refractivity contribution in [2.24, 2.45) is 0 Å². The maximum atomic E-state index is 5.89. The highest BCUT2D eigenvalue weighted by Gasteiger charge is 2.05. The number of hydrogen-bond donors (Lipinski definition) is 1. The molecule has 4 heteroatoms. The van der Waals surface area contributed by atoms with Gasteiger partial charge in [-0.2, -0.15) is 0 Å². The number of pyridine rings is 1. The molecule has 2 rings (SSSR count). The quantitative estimate of drug-likeness (QED) is 0.720. The summed E-state index contributed by atoms with van der Waals surface area (Å²) < 4.78 is 11.2. The van der Waals surface area contributed by atoms with Crippen LogP contribution in [0.1, 0.15) is 20.3 Å². The van der Waals surface area contributed by atoms with Crippen molar-refractivity contribution >= 4 is 10.9 Å². The number of aromatic nitrogens is 1. The van der Waals surface area contributed by atoms with Gasteiger partial charge < -0.3 is 14.8 Å². The van der Waals surface area contributed by atoms with Crippen LogP contribution in [-0.4, -0.2) is 37.4 Å². The van der Waals surface area contributed by atoms with Crippen molar-refractivity contribution in [3.8, 4) is 5.75 Å². The van der Waals surface area contributed by atoms with Crippen LogP contribution >= 0.6 is 0 Å². The van der Waals surface area contributed by atoms with E-state index in [1.165, 1.54) is 0 Å². The summed E-state index contributed by atoms with van der Waals surface area (Å²) in [5.41, 5.74) is 0.992. The summed E-state index contributed by atoms with van der Waals surface area (Å²) in [6, 6.07) is 10.1. The normalized spacial score (nSPS) is 12.5. The van der Waals surface area contributed by atoms with E-state index in [1.54, 1.807) is 6.20 Å². The zero-order chi connectivity index (χ0) is 14.9. The van der Waals surface area contributed by atoms with Gasteiger partial charge in [-0.15, -0.1) is 0 Å². The molecular formula is C17H24N2O2. The summed E-state index contributed by atoms with van der Waals surface area (Å²) in [6.07, 6.45) is 2.92. The molecule has 21 heavy (non-hydrogen) atoms. The smallest absolute Gasteiger partial charge is 0.138 e. The minimum absolute atomic E-state index is 0.111. The Morgan fingerprint density at radius 3 is 3.00 bits per heavy atom. The lowest BCUT2D eigenvalue weighted by molar-refractivity contribution is 0.143. The van der Waals surface area contributed by atoms with Crippen LogP contribution in [0.3, 0.4) is 0 Å². The van der Waals surface area contributed by atoms with Gasteiger partial charge in [-0.3, -0.25) is 4.98 Å². The second-order valence-electron chi connectivity index (χ2n) is 5.05. The van der Waals surface area contributed by atoms with E-state index in [1.807, 2.05) is 37.3 Å². The van der Waals surface area contributed by atoms with Crippen LogP contribution in [0.2, 0.25) is 0 Å². The van der Waals surface area contributed by atoms with Gasteiger partial charge in [0.2, 0.25) is 0 Å². The van der Waals surface area contributed by atoms with Gasteiger partial charge in [0.05, 0.1) is 11.7 Å². The molecule has 4 nitrogen and oxygen atoms in total. The fraction of sp³-hybridized carbons (Fsp3) is 0.471. The van der Waals surface area contributed by atoms with E-state index in [2.05, 4.69) is 17.2 Å². The van der Waals surface area contributed by atoms with Crippen LogP contribution in [0.5, 0.6) is 5.75 Å². The third-order valence-electron chi connectivity index (χ3n) is 3.18. The summed E-state index contributed by atoms with van der Waals surface area (Å²) in [4.78, 5) is 4.40. The van der Waals surface area contributed by atoms with Crippen LogP contribution in [0, 0.1) is 0 Å². The molecular weight excluding hydrogens is 264 g/mol. The maximum Gasteiger partial charge on any atom is 0.138 e. The van der Waals surface area contributed by atoms with Crippen LogP contribution in [0.15, 0.2) is 36.5 Å². The van der Waals surface area contributed by atoms with E-state index in [9.17, 15) is 0 Å². The lowest BCUT2D eigenvalue weighted by atomic mass is 10.2. The van der Waals surface area contributed by atoms with Crippen LogP contribution in [-0.2, 0) is 4.74 Å². The largest absolute Gasteiger partial charge is 0.488 e. The molecule has 1 aromatic heterocycles. The predicted molar refractivity (Wildman–Crippen MR) is 85.8 cm³/mol. The first-order valence-corrected chi connectivity index (χ1v) is 7.59. The lowest BCUT2D eigenvalue weighted by Crippen LogP contribution is -2.30. The summed E-state index contributed by atoms with van der Waals surface area (Å²) in [7, 11) is 0. The molecule has 0 bridgehead atoms. The van der Waals surface area contributed by atoms with Gasteiger partial charge in [-0.1, -0.05) is 18.2 Å². The average molecular weight is 288 g/mol. The number of nitrogens with one attached hydrogen (secondary N) is 1. The Morgan fingerprint density at radius 1 is 1.29 bits per heavy atom. The summed E-state index contributed by atoms with van der Waals surface area (Å²) >= 11 is 0. The fourth-order valence-electron chi connectivity index (χ4n) is 2.14. The van der Waals surface area contributed by atoms with E-state index in [4.69, 9.17) is 9.47 Å². The van der Waals surface area contributed by atoms with Gasteiger partial charge >= 0.3 is 0 Å². The van der Waals surface area contributed by atoms with Gasteiger partial charge in [0.25, 0.3) is 0 Å². The van der Waals surface area contributed by atoms with Gasteiger partial charge in [0, 0.05) is 25.1 Å². The standard InChI is InChI=1S/C17H24N2O2/c1-3-20-10-6-9-18-12-14(2)21-16-11-15-7-4-5-8-17(15)19-13-16/h4-5,7-8,11,13-14,18H,3,6,9-10,12H2,1-2H3. The second-order valence-corrected chi connectivity index (χ2v) is 5.05. The third-order valence-corrected chi connectivity index (χ3v) is 3.18. The molecule has 0 aliphatic rings. The minimum atomic E-state index is 0.111. The van der Waals surface area contributed by atoms with Crippen molar-refractivity contribution in [1.82, 2.24) is 10.3 Å². The highest BCUT2D eigenvalue weighted by molar-refractivity contribution is 5.79. The highest BCUT2D eigenvalue weighted by Crippen LogP contribution is 2.18. The molecule has 1 N–H and O–H groups in total. The second kappa shape index (κ2) is 8.60. The maximum absolute atomic E-state index is 5.89. The molecule has 0 aliphatic carbocycles. The molecule has 1 aromatic carbocycles. The van der Waals surface area contributed by atoms with Gasteiger partial charge in [0.15, 0.2) is 0 Å². The molecule has 114 valence electrons. The van der Waals surface area contributed by atoms with Crippen molar-refractivity contribution in [3.63, 3.8) is 0 Å². The monoisotopic (exact) mass is 288 g/mol. The number of hydrogen-bond acceptors (Lipinski definition) is 4. The first-order valence-electron chi connectivity index (χ1n) is 7.59.